The molecule has 0 aliphatic carbocycles. The van der Waals surface area contributed by atoms with E-state index < -0.39 is 5.97 Å². The first-order valence-electron chi connectivity index (χ1n) is 9.50. The number of nitrogens with one attached hydrogen (secondary N) is 1. The number of morpholine rings is 1. The van der Waals surface area contributed by atoms with Crippen molar-refractivity contribution in [2.75, 3.05) is 25.0 Å². The van der Waals surface area contributed by atoms with Gasteiger partial charge in [0, 0.05) is 18.7 Å². The van der Waals surface area contributed by atoms with E-state index >= 15 is 0 Å². The molecule has 3 rings (SSSR count). The summed E-state index contributed by atoms with van der Waals surface area (Å²) < 4.78 is 10.8. The summed E-state index contributed by atoms with van der Waals surface area (Å²) in [5.74, 6) is -1.28. The maximum absolute atomic E-state index is 12.5. The average molecular weight is 396 g/mol. The van der Waals surface area contributed by atoms with Gasteiger partial charge in [-0.15, -0.1) is 0 Å². The number of hydrogen-bond acceptors (Lipinski definition) is 5. The van der Waals surface area contributed by atoms with Gasteiger partial charge in [-0.2, -0.15) is 0 Å². The summed E-state index contributed by atoms with van der Waals surface area (Å²) in [6.07, 6.45) is -0.125. The summed E-state index contributed by atoms with van der Waals surface area (Å²) in [5, 5.41) is 2.72. The zero-order valence-electron chi connectivity index (χ0n) is 16.5. The summed E-state index contributed by atoms with van der Waals surface area (Å²) >= 11 is 0. The van der Waals surface area contributed by atoms with Crippen LogP contribution in [0, 0.1) is 0 Å². The highest BCUT2D eigenvalue weighted by Crippen LogP contribution is 2.18. The Balaban J connectivity index is 1.62. The van der Waals surface area contributed by atoms with Crippen molar-refractivity contribution in [1.29, 1.82) is 0 Å². The SMILES string of the molecule is C[C@@H]1CN(C(=O)COC(=O)c2ccccc2NC(=O)c2ccccc2)C[C@H](C)O1. The molecule has 0 spiro atoms. The van der Waals surface area contributed by atoms with Crippen LogP contribution in [0.3, 0.4) is 0 Å². The van der Waals surface area contributed by atoms with E-state index in [2.05, 4.69) is 5.32 Å². The van der Waals surface area contributed by atoms with E-state index in [0.717, 1.165) is 0 Å². The fourth-order valence-electron chi connectivity index (χ4n) is 3.23. The van der Waals surface area contributed by atoms with Gasteiger partial charge < -0.3 is 19.7 Å². The van der Waals surface area contributed by atoms with Crippen molar-refractivity contribution < 1.29 is 23.9 Å². The molecule has 1 saturated heterocycles. The van der Waals surface area contributed by atoms with Crippen molar-refractivity contribution in [3.8, 4) is 0 Å². The third-order valence-corrected chi connectivity index (χ3v) is 4.53. The van der Waals surface area contributed by atoms with Crippen molar-refractivity contribution in [3.05, 3.63) is 65.7 Å². The summed E-state index contributed by atoms with van der Waals surface area (Å²) in [5.41, 5.74) is 0.988. The van der Waals surface area contributed by atoms with Crippen LogP contribution in [-0.4, -0.2) is 54.6 Å². The summed E-state index contributed by atoms with van der Waals surface area (Å²) in [4.78, 5) is 38.9. The minimum Gasteiger partial charge on any atom is -0.452 e. The molecule has 1 heterocycles. The van der Waals surface area contributed by atoms with Crippen molar-refractivity contribution in [2.45, 2.75) is 26.1 Å². The molecule has 2 aromatic rings. The molecule has 0 radical (unpaired) electrons. The van der Waals surface area contributed by atoms with Crippen LogP contribution >= 0.6 is 0 Å². The van der Waals surface area contributed by atoms with Gasteiger partial charge in [-0.3, -0.25) is 9.59 Å². The van der Waals surface area contributed by atoms with Gasteiger partial charge in [0.25, 0.3) is 11.8 Å². The van der Waals surface area contributed by atoms with E-state index in [1.807, 2.05) is 19.9 Å². The predicted molar refractivity (Wildman–Crippen MR) is 108 cm³/mol. The molecule has 1 aliphatic rings. The van der Waals surface area contributed by atoms with Gasteiger partial charge in [-0.05, 0) is 38.1 Å². The molecule has 2 aromatic carbocycles. The normalized spacial score (nSPS) is 18.8. The van der Waals surface area contributed by atoms with Crippen LogP contribution in [0.25, 0.3) is 0 Å². The molecular formula is C22H24N2O5. The Morgan fingerprint density at radius 2 is 1.62 bits per heavy atom. The van der Waals surface area contributed by atoms with Crippen LogP contribution in [0.5, 0.6) is 0 Å². The Bertz CT molecular complexity index is 874. The van der Waals surface area contributed by atoms with E-state index in [4.69, 9.17) is 9.47 Å². The van der Waals surface area contributed by atoms with Gasteiger partial charge in [0.1, 0.15) is 0 Å². The highest BCUT2D eigenvalue weighted by Gasteiger charge is 2.26. The number of amides is 2. The van der Waals surface area contributed by atoms with Crippen LogP contribution in [0.2, 0.25) is 0 Å². The second-order valence-electron chi connectivity index (χ2n) is 7.00. The number of benzene rings is 2. The monoisotopic (exact) mass is 396 g/mol. The molecule has 2 amide bonds. The predicted octanol–water partition coefficient (Wildman–Crippen LogP) is 2.73. The summed E-state index contributed by atoms with van der Waals surface area (Å²) in [6.45, 7) is 4.36. The number of hydrogen-bond donors (Lipinski definition) is 1. The Morgan fingerprint density at radius 1 is 1.00 bits per heavy atom. The molecule has 7 heteroatoms. The van der Waals surface area contributed by atoms with E-state index in [1.54, 1.807) is 53.4 Å². The van der Waals surface area contributed by atoms with E-state index in [-0.39, 0.29) is 36.2 Å². The molecule has 0 saturated carbocycles. The Kier molecular flexibility index (Phi) is 6.61. The molecule has 152 valence electrons. The van der Waals surface area contributed by atoms with Crippen LogP contribution in [-0.2, 0) is 14.3 Å². The molecule has 29 heavy (non-hydrogen) atoms. The topological polar surface area (TPSA) is 84.9 Å². The minimum absolute atomic E-state index is 0.0627. The summed E-state index contributed by atoms with van der Waals surface area (Å²) in [7, 11) is 0. The number of nitrogens with zero attached hydrogens (tertiary/aromatic N) is 1. The first-order valence-corrected chi connectivity index (χ1v) is 9.50. The van der Waals surface area contributed by atoms with Crippen molar-refractivity contribution in [1.82, 2.24) is 4.90 Å². The standard InChI is InChI=1S/C22H24N2O5/c1-15-12-24(13-16(2)29-15)20(25)14-28-22(27)18-10-6-7-11-19(18)23-21(26)17-8-4-3-5-9-17/h3-11,15-16H,12-14H2,1-2H3,(H,23,26)/t15-,16+. The third kappa shape index (κ3) is 5.42. The highest BCUT2D eigenvalue weighted by atomic mass is 16.5. The van der Waals surface area contributed by atoms with Gasteiger partial charge in [0.2, 0.25) is 0 Å². The Labute approximate surface area is 169 Å². The second-order valence-corrected chi connectivity index (χ2v) is 7.00. The van der Waals surface area contributed by atoms with Gasteiger partial charge in [0.05, 0.1) is 23.5 Å². The number of para-hydroxylation sites is 1. The van der Waals surface area contributed by atoms with Crippen LogP contribution < -0.4 is 5.32 Å². The van der Waals surface area contributed by atoms with Crippen LogP contribution in [0.15, 0.2) is 54.6 Å². The molecule has 7 nitrogen and oxygen atoms in total. The number of carbonyl (C=O) groups is 3. The molecule has 1 fully saturated rings. The van der Waals surface area contributed by atoms with E-state index in [1.165, 1.54) is 0 Å². The Morgan fingerprint density at radius 3 is 2.31 bits per heavy atom. The first-order chi connectivity index (χ1) is 13.9. The zero-order chi connectivity index (χ0) is 20.8. The third-order valence-electron chi connectivity index (χ3n) is 4.53. The molecule has 1 N–H and O–H groups in total. The fraction of sp³-hybridized carbons (Fsp3) is 0.318. The van der Waals surface area contributed by atoms with Crippen molar-refractivity contribution >= 4 is 23.5 Å². The lowest BCUT2D eigenvalue weighted by Crippen LogP contribution is -2.49. The van der Waals surface area contributed by atoms with Gasteiger partial charge in [0.15, 0.2) is 6.61 Å². The molecule has 0 aromatic heterocycles. The van der Waals surface area contributed by atoms with Gasteiger partial charge >= 0.3 is 5.97 Å². The molecule has 2 atom stereocenters. The number of anilines is 1. The van der Waals surface area contributed by atoms with E-state index in [0.29, 0.717) is 24.3 Å². The quantitative estimate of drug-likeness (QED) is 0.786. The highest BCUT2D eigenvalue weighted by molar-refractivity contribution is 6.08. The summed E-state index contributed by atoms with van der Waals surface area (Å²) in [6, 6.07) is 15.2. The number of ether oxygens (including phenoxy) is 2. The van der Waals surface area contributed by atoms with Gasteiger partial charge in [-0.25, -0.2) is 4.79 Å². The minimum atomic E-state index is -0.670. The smallest absolute Gasteiger partial charge is 0.340 e. The van der Waals surface area contributed by atoms with Gasteiger partial charge in [-0.1, -0.05) is 30.3 Å². The van der Waals surface area contributed by atoms with Crippen molar-refractivity contribution in [3.63, 3.8) is 0 Å². The van der Waals surface area contributed by atoms with Crippen LogP contribution in [0.1, 0.15) is 34.6 Å². The maximum atomic E-state index is 12.5. The lowest BCUT2D eigenvalue weighted by Gasteiger charge is -2.35. The molecule has 1 aliphatic heterocycles. The molecular weight excluding hydrogens is 372 g/mol. The lowest BCUT2D eigenvalue weighted by atomic mass is 10.1. The largest absolute Gasteiger partial charge is 0.452 e. The number of carbonyl (C=O) groups excluding carboxylic acids is 3. The Hall–Kier alpha value is -3.19. The van der Waals surface area contributed by atoms with Crippen molar-refractivity contribution in [2.24, 2.45) is 0 Å². The fourth-order valence-corrected chi connectivity index (χ4v) is 3.23. The molecule has 0 bridgehead atoms. The lowest BCUT2D eigenvalue weighted by molar-refractivity contribution is -0.146. The van der Waals surface area contributed by atoms with E-state index in [9.17, 15) is 14.4 Å². The maximum Gasteiger partial charge on any atom is 0.340 e. The average Bonchev–Trinajstić information content (AvgIpc) is 2.72. The molecule has 0 unspecified atom stereocenters. The number of rotatable bonds is 5. The first kappa shape index (κ1) is 20.5. The second kappa shape index (κ2) is 9.34. The zero-order valence-corrected chi connectivity index (χ0v) is 16.5. The number of esters is 1. The van der Waals surface area contributed by atoms with Crippen LogP contribution in [0.4, 0.5) is 5.69 Å².